The zero-order chi connectivity index (χ0) is 29.7. The van der Waals surface area contributed by atoms with Gasteiger partial charge in [-0.05, 0) is 48.7 Å². The predicted molar refractivity (Wildman–Crippen MR) is 153 cm³/mol. The number of rotatable bonds is 9. The molecule has 1 aromatic heterocycles. The van der Waals surface area contributed by atoms with Crippen molar-refractivity contribution in [3.05, 3.63) is 103 Å². The van der Waals surface area contributed by atoms with E-state index in [1.807, 2.05) is 35.1 Å². The molecule has 1 aliphatic rings. The van der Waals surface area contributed by atoms with Crippen LogP contribution in [0.15, 0.2) is 96.0 Å². The van der Waals surface area contributed by atoms with Gasteiger partial charge >= 0.3 is 6.03 Å². The zero-order valence-corrected chi connectivity index (χ0v) is 23.3. The van der Waals surface area contributed by atoms with Crippen LogP contribution in [0.5, 0.6) is 11.5 Å². The number of hydrogen-bond donors (Lipinski definition) is 2. The average Bonchev–Trinajstić information content (AvgIpc) is 3.47. The standard InChI is InChI=1S/C30H27FN4O6S/c1-35(22-13-15-25-26(17-22)41-19-40-25)29(36)24(14-11-20-7-3-2-4-8-20)33-30(37)34-42(38,39)27-10-6-5-9-23(27)21-12-16-28(31)32-18-21/h2-10,12-13,15-18,24H,11,14,19H2,1H3,(H2,33,34,37)/t24-/m0/s1. The number of benzene rings is 3. The highest BCUT2D eigenvalue weighted by Gasteiger charge is 2.29. The minimum absolute atomic E-state index is 0.0765. The molecular formula is C30H27FN4O6S. The van der Waals surface area contributed by atoms with Crippen molar-refractivity contribution in [3.8, 4) is 22.6 Å². The molecule has 0 saturated carbocycles. The lowest BCUT2D eigenvalue weighted by atomic mass is 10.0. The number of carbonyl (C=O) groups excluding carboxylic acids is 2. The third-order valence-electron chi connectivity index (χ3n) is 6.68. The summed E-state index contributed by atoms with van der Waals surface area (Å²) in [6, 6.07) is 20.7. The van der Waals surface area contributed by atoms with Crippen LogP contribution in [-0.4, -0.2) is 45.2 Å². The van der Waals surface area contributed by atoms with Gasteiger partial charge in [-0.2, -0.15) is 4.39 Å². The number of fused-ring (bicyclic) bond motifs is 1. The van der Waals surface area contributed by atoms with Crippen molar-refractivity contribution in [2.75, 3.05) is 18.7 Å². The first-order chi connectivity index (χ1) is 20.2. The van der Waals surface area contributed by atoms with Crippen molar-refractivity contribution >= 4 is 27.6 Å². The first kappa shape index (κ1) is 28.6. The van der Waals surface area contributed by atoms with E-state index < -0.39 is 34.0 Å². The number of aryl methyl sites for hydroxylation is 1. The van der Waals surface area contributed by atoms with Gasteiger partial charge in [0.2, 0.25) is 18.6 Å². The quantitative estimate of drug-likeness (QED) is 0.279. The number of aromatic nitrogens is 1. The van der Waals surface area contributed by atoms with Crippen LogP contribution in [0.25, 0.3) is 11.1 Å². The molecule has 12 heteroatoms. The summed E-state index contributed by atoms with van der Waals surface area (Å²) in [6.07, 6.45) is 1.84. The van der Waals surface area contributed by atoms with E-state index in [1.54, 1.807) is 31.3 Å². The monoisotopic (exact) mass is 590 g/mol. The summed E-state index contributed by atoms with van der Waals surface area (Å²) in [5.41, 5.74) is 2.02. The van der Waals surface area contributed by atoms with Crippen molar-refractivity contribution in [1.29, 1.82) is 0 Å². The molecule has 3 aromatic carbocycles. The molecule has 0 saturated heterocycles. The van der Waals surface area contributed by atoms with Gasteiger partial charge in [-0.25, -0.2) is 22.9 Å². The van der Waals surface area contributed by atoms with E-state index in [0.29, 0.717) is 29.2 Å². The van der Waals surface area contributed by atoms with Crippen LogP contribution in [0.4, 0.5) is 14.9 Å². The highest BCUT2D eigenvalue weighted by atomic mass is 32.2. The van der Waals surface area contributed by atoms with Crippen LogP contribution < -0.4 is 24.4 Å². The van der Waals surface area contributed by atoms with Crippen LogP contribution in [-0.2, 0) is 21.2 Å². The normalized spacial score (nSPS) is 12.8. The summed E-state index contributed by atoms with van der Waals surface area (Å²) >= 11 is 0. The first-order valence-corrected chi connectivity index (χ1v) is 14.4. The number of carbonyl (C=O) groups is 2. The minimum Gasteiger partial charge on any atom is -0.454 e. The second kappa shape index (κ2) is 12.3. The van der Waals surface area contributed by atoms with Crippen LogP contribution >= 0.6 is 0 Å². The highest BCUT2D eigenvalue weighted by Crippen LogP contribution is 2.35. The number of likely N-dealkylation sites (N-methyl/N-ethyl adjacent to an activating group) is 1. The van der Waals surface area contributed by atoms with Gasteiger partial charge in [0.05, 0.1) is 4.90 Å². The molecule has 0 fully saturated rings. The van der Waals surface area contributed by atoms with Crippen LogP contribution in [0.1, 0.15) is 12.0 Å². The second-order valence-electron chi connectivity index (χ2n) is 9.46. The minimum atomic E-state index is -4.40. The van der Waals surface area contributed by atoms with E-state index in [0.717, 1.165) is 11.6 Å². The Balaban J connectivity index is 1.36. The Kier molecular flexibility index (Phi) is 8.34. The number of halogens is 1. The number of sulfonamides is 1. The van der Waals surface area contributed by atoms with Crippen molar-refractivity contribution in [3.63, 3.8) is 0 Å². The second-order valence-corrected chi connectivity index (χ2v) is 11.1. The molecule has 0 aliphatic carbocycles. The summed E-state index contributed by atoms with van der Waals surface area (Å²) in [6.45, 7) is 0.0765. The Morgan fingerprint density at radius 2 is 1.71 bits per heavy atom. The fourth-order valence-electron chi connectivity index (χ4n) is 4.51. The van der Waals surface area contributed by atoms with E-state index in [1.165, 1.54) is 35.4 Å². The lowest BCUT2D eigenvalue weighted by Gasteiger charge is -2.25. The lowest BCUT2D eigenvalue weighted by molar-refractivity contribution is -0.120. The zero-order valence-electron chi connectivity index (χ0n) is 22.5. The van der Waals surface area contributed by atoms with Gasteiger partial charge in [0.15, 0.2) is 11.5 Å². The van der Waals surface area contributed by atoms with Crippen molar-refractivity contribution < 1.29 is 31.9 Å². The number of amides is 3. The highest BCUT2D eigenvalue weighted by molar-refractivity contribution is 7.90. The van der Waals surface area contributed by atoms with Gasteiger partial charge < -0.3 is 19.7 Å². The molecule has 10 nitrogen and oxygen atoms in total. The Morgan fingerprint density at radius 1 is 0.976 bits per heavy atom. The average molecular weight is 591 g/mol. The smallest absolute Gasteiger partial charge is 0.329 e. The number of hydrogen-bond acceptors (Lipinski definition) is 7. The third-order valence-corrected chi connectivity index (χ3v) is 8.07. The summed E-state index contributed by atoms with van der Waals surface area (Å²) < 4.78 is 52.7. The Morgan fingerprint density at radius 3 is 2.48 bits per heavy atom. The fraction of sp³-hybridized carbons (Fsp3) is 0.167. The molecule has 0 unspecified atom stereocenters. The molecule has 3 amide bonds. The third kappa shape index (κ3) is 6.50. The van der Waals surface area contributed by atoms with Gasteiger partial charge in [-0.3, -0.25) is 4.79 Å². The number of ether oxygens (including phenoxy) is 2. The van der Waals surface area contributed by atoms with Crippen LogP contribution in [0.3, 0.4) is 0 Å². The van der Waals surface area contributed by atoms with E-state index in [9.17, 15) is 22.4 Å². The maximum absolute atomic E-state index is 13.6. The molecule has 216 valence electrons. The molecule has 5 rings (SSSR count). The molecule has 1 atom stereocenters. The molecule has 0 bridgehead atoms. The van der Waals surface area contributed by atoms with Gasteiger partial charge in [0.1, 0.15) is 6.04 Å². The molecule has 42 heavy (non-hydrogen) atoms. The molecule has 2 N–H and O–H groups in total. The summed E-state index contributed by atoms with van der Waals surface area (Å²) in [7, 11) is -2.85. The topological polar surface area (TPSA) is 127 Å². The molecular weight excluding hydrogens is 563 g/mol. The Bertz CT molecular complexity index is 1700. The Hall–Kier alpha value is -4.97. The molecule has 0 spiro atoms. The molecule has 2 heterocycles. The van der Waals surface area contributed by atoms with Gasteiger partial charge in [0.25, 0.3) is 10.0 Å². The summed E-state index contributed by atoms with van der Waals surface area (Å²) in [5, 5.41) is 2.54. The number of anilines is 1. The predicted octanol–water partition coefficient (Wildman–Crippen LogP) is 4.27. The van der Waals surface area contributed by atoms with Gasteiger partial charge in [0, 0.05) is 36.1 Å². The number of nitrogens with zero attached hydrogens (tertiary/aromatic N) is 2. The number of urea groups is 1. The summed E-state index contributed by atoms with van der Waals surface area (Å²) in [4.78, 5) is 31.5. The molecule has 0 radical (unpaired) electrons. The van der Waals surface area contributed by atoms with E-state index in [4.69, 9.17) is 9.47 Å². The maximum atomic E-state index is 13.6. The van der Waals surface area contributed by atoms with Crippen molar-refractivity contribution in [2.45, 2.75) is 23.8 Å². The number of nitrogens with one attached hydrogen (secondary N) is 2. The van der Waals surface area contributed by atoms with Gasteiger partial charge in [-0.15, -0.1) is 0 Å². The maximum Gasteiger partial charge on any atom is 0.329 e. The number of pyridine rings is 1. The van der Waals surface area contributed by atoms with Crippen molar-refractivity contribution in [1.82, 2.24) is 15.0 Å². The fourth-order valence-corrected chi connectivity index (χ4v) is 5.65. The summed E-state index contributed by atoms with van der Waals surface area (Å²) in [5.74, 6) is -0.136. The van der Waals surface area contributed by atoms with Crippen molar-refractivity contribution in [2.24, 2.45) is 0 Å². The lowest BCUT2D eigenvalue weighted by Crippen LogP contribution is -2.51. The van der Waals surface area contributed by atoms with Crippen LogP contribution in [0, 0.1) is 5.95 Å². The van der Waals surface area contributed by atoms with Gasteiger partial charge in [-0.1, -0.05) is 48.5 Å². The van der Waals surface area contributed by atoms with E-state index in [-0.39, 0.29) is 23.7 Å². The first-order valence-electron chi connectivity index (χ1n) is 13.0. The van der Waals surface area contributed by atoms with E-state index in [2.05, 4.69) is 10.3 Å². The molecule has 1 aliphatic heterocycles. The largest absolute Gasteiger partial charge is 0.454 e. The van der Waals surface area contributed by atoms with Crippen LogP contribution in [0.2, 0.25) is 0 Å². The Labute approximate surface area is 242 Å². The van der Waals surface area contributed by atoms with E-state index >= 15 is 0 Å². The SMILES string of the molecule is CN(C(=O)[C@H](CCc1ccccc1)NC(=O)NS(=O)(=O)c1ccccc1-c1ccc(F)nc1)c1ccc2c(c1)OCO2. The molecule has 4 aromatic rings.